The normalized spacial score (nSPS) is 12.0. The number of rotatable bonds is 4. The number of hydrogen-bond donors (Lipinski definition) is 0. The van der Waals surface area contributed by atoms with E-state index in [4.69, 9.17) is 4.42 Å². The second-order valence-corrected chi connectivity index (χ2v) is 14.0. The molecule has 0 saturated heterocycles. The molecule has 3 aromatic heterocycles. The lowest BCUT2D eigenvalue weighted by Gasteiger charge is -2.27. The summed E-state index contributed by atoms with van der Waals surface area (Å²) in [6.07, 6.45) is 0. The van der Waals surface area contributed by atoms with E-state index in [1.54, 1.807) is 0 Å². The zero-order valence-corrected chi connectivity index (χ0v) is 27.7. The van der Waals surface area contributed by atoms with Crippen LogP contribution in [0.25, 0.3) is 80.4 Å². The molecule has 0 N–H and O–H groups in total. The molecule has 0 atom stereocenters. The van der Waals surface area contributed by atoms with Crippen molar-refractivity contribution in [1.82, 2.24) is 4.57 Å². The predicted molar refractivity (Wildman–Crippen MR) is 213 cm³/mol. The van der Waals surface area contributed by atoms with Gasteiger partial charge in [0.2, 0.25) is 0 Å². The molecule has 0 bridgehead atoms. The Balaban J connectivity index is 1.26. The Labute approximate surface area is 291 Å². The van der Waals surface area contributed by atoms with Crippen molar-refractivity contribution >= 4 is 103 Å². The molecule has 4 heteroatoms. The van der Waals surface area contributed by atoms with Gasteiger partial charge >= 0.3 is 0 Å². The van der Waals surface area contributed by atoms with Gasteiger partial charge in [0.15, 0.2) is 0 Å². The number of aromatic nitrogens is 1. The van der Waals surface area contributed by atoms with Crippen LogP contribution in [0.4, 0.5) is 17.1 Å². The minimum Gasteiger partial charge on any atom is -0.456 e. The van der Waals surface area contributed by atoms with Crippen LogP contribution in [0.2, 0.25) is 0 Å². The highest BCUT2D eigenvalue weighted by Gasteiger charge is 2.23. The Morgan fingerprint density at radius 1 is 0.460 bits per heavy atom. The smallest absolute Gasteiger partial charge is 0.136 e. The first-order valence-corrected chi connectivity index (χ1v) is 17.7. The number of hydrogen-bond acceptors (Lipinski definition) is 3. The third-order valence-electron chi connectivity index (χ3n) is 10.1. The fourth-order valence-corrected chi connectivity index (χ4v) is 9.07. The van der Waals surface area contributed by atoms with Crippen LogP contribution in [0, 0.1) is 0 Å². The summed E-state index contributed by atoms with van der Waals surface area (Å²) < 4.78 is 11.5. The van der Waals surface area contributed by atoms with Crippen molar-refractivity contribution in [3.63, 3.8) is 0 Å². The van der Waals surface area contributed by atoms with Gasteiger partial charge in [-0.15, -0.1) is 11.3 Å². The van der Waals surface area contributed by atoms with E-state index in [9.17, 15) is 0 Å². The van der Waals surface area contributed by atoms with E-state index >= 15 is 0 Å². The van der Waals surface area contributed by atoms with Crippen molar-refractivity contribution in [2.45, 2.75) is 0 Å². The summed E-state index contributed by atoms with van der Waals surface area (Å²) in [5, 5.41) is 9.66. The van der Waals surface area contributed by atoms with Crippen LogP contribution in [0.1, 0.15) is 0 Å². The van der Waals surface area contributed by atoms with Crippen LogP contribution in [0.5, 0.6) is 0 Å². The van der Waals surface area contributed by atoms with Gasteiger partial charge in [0, 0.05) is 58.8 Å². The summed E-state index contributed by atoms with van der Waals surface area (Å²) in [5.74, 6) is 0. The van der Waals surface area contributed by atoms with Gasteiger partial charge < -0.3 is 13.9 Å². The van der Waals surface area contributed by atoms with Gasteiger partial charge in [0.25, 0.3) is 0 Å². The lowest BCUT2D eigenvalue weighted by Crippen LogP contribution is -2.11. The fraction of sp³-hybridized carbons (Fsp3) is 0. The zero-order valence-electron chi connectivity index (χ0n) is 26.9. The predicted octanol–water partition coefficient (Wildman–Crippen LogP) is 13.7. The standard InChI is InChI=1S/C46H28N2OS/c1-2-12-30(13-3-1)48-39-18-8-6-15-34(39)36-17-10-19-40(46(36)48)47(32-23-26-44-37(27-32)35-16-7-9-20-43(35)50-44)31-22-25-41-38(28-31)45-33-14-5-4-11-29(33)21-24-42(45)49-41/h1-28H. The van der Waals surface area contributed by atoms with Crippen LogP contribution in [-0.2, 0) is 0 Å². The maximum Gasteiger partial charge on any atom is 0.136 e. The lowest BCUT2D eigenvalue weighted by atomic mass is 10.0. The molecule has 0 saturated carbocycles. The maximum absolute atomic E-state index is 6.47. The molecule has 3 heterocycles. The molecule has 8 aromatic carbocycles. The van der Waals surface area contributed by atoms with Crippen molar-refractivity contribution in [2.75, 3.05) is 4.90 Å². The van der Waals surface area contributed by atoms with E-state index in [1.807, 2.05) is 11.3 Å². The van der Waals surface area contributed by atoms with Crippen molar-refractivity contribution in [1.29, 1.82) is 0 Å². The molecule has 0 spiro atoms. The van der Waals surface area contributed by atoms with Gasteiger partial charge in [-0.2, -0.15) is 0 Å². The van der Waals surface area contributed by atoms with Crippen molar-refractivity contribution < 1.29 is 4.42 Å². The largest absolute Gasteiger partial charge is 0.456 e. The van der Waals surface area contributed by atoms with Crippen LogP contribution in [0.3, 0.4) is 0 Å². The first kappa shape index (κ1) is 27.6. The van der Waals surface area contributed by atoms with Gasteiger partial charge in [-0.1, -0.05) is 97.1 Å². The third-order valence-corrected chi connectivity index (χ3v) is 11.3. The number of anilines is 3. The molecule has 3 nitrogen and oxygen atoms in total. The van der Waals surface area contributed by atoms with E-state index < -0.39 is 0 Å². The number of furan rings is 1. The average molecular weight is 657 g/mol. The molecule has 0 unspecified atom stereocenters. The number of thiophene rings is 1. The fourth-order valence-electron chi connectivity index (χ4n) is 7.98. The Morgan fingerprint density at radius 2 is 1.14 bits per heavy atom. The van der Waals surface area contributed by atoms with E-state index in [0.29, 0.717) is 0 Å². The highest BCUT2D eigenvalue weighted by Crippen LogP contribution is 2.46. The minimum atomic E-state index is 0.885. The van der Waals surface area contributed by atoms with Crippen LogP contribution >= 0.6 is 11.3 Å². The minimum absolute atomic E-state index is 0.885. The third kappa shape index (κ3) is 3.97. The van der Waals surface area contributed by atoms with Crippen molar-refractivity contribution in [2.24, 2.45) is 0 Å². The molecule has 50 heavy (non-hydrogen) atoms. The highest BCUT2D eigenvalue weighted by atomic mass is 32.1. The Morgan fingerprint density at radius 3 is 2.04 bits per heavy atom. The SMILES string of the molecule is c1ccc(-n2c3ccccc3c3cccc(N(c4ccc5sc6ccccc6c5c4)c4ccc5oc6ccc7ccccc7c6c5c4)c32)cc1. The van der Waals surface area contributed by atoms with Gasteiger partial charge in [0.05, 0.1) is 16.7 Å². The van der Waals surface area contributed by atoms with Gasteiger partial charge in [-0.25, -0.2) is 0 Å². The van der Waals surface area contributed by atoms with Crippen LogP contribution in [-0.4, -0.2) is 4.57 Å². The maximum atomic E-state index is 6.47. The first-order chi connectivity index (χ1) is 24.8. The molecular weight excluding hydrogens is 629 g/mol. The summed E-state index contributed by atoms with van der Waals surface area (Å²) in [7, 11) is 0. The van der Waals surface area contributed by atoms with Crippen molar-refractivity contribution in [3.8, 4) is 5.69 Å². The summed E-state index contributed by atoms with van der Waals surface area (Å²) in [5.41, 5.74) is 8.56. The zero-order chi connectivity index (χ0) is 32.8. The monoisotopic (exact) mass is 656 g/mol. The molecule has 0 radical (unpaired) electrons. The second kappa shape index (κ2) is 10.6. The molecule has 0 fully saturated rings. The number of nitrogens with zero attached hydrogens (tertiary/aromatic N) is 2. The number of para-hydroxylation sites is 3. The van der Waals surface area contributed by atoms with Gasteiger partial charge in [0.1, 0.15) is 11.2 Å². The lowest BCUT2D eigenvalue weighted by molar-refractivity contribution is 0.669. The number of benzene rings is 8. The Bertz CT molecular complexity index is 3110. The van der Waals surface area contributed by atoms with Gasteiger partial charge in [-0.05, 0) is 83.6 Å². The van der Waals surface area contributed by atoms with E-state index in [0.717, 1.165) is 50.2 Å². The van der Waals surface area contributed by atoms with Crippen LogP contribution < -0.4 is 4.90 Å². The second-order valence-electron chi connectivity index (χ2n) is 12.9. The van der Waals surface area contributed by atoms with Crippen molar-refractivity contribution in [3.05, 3.63) is 170 Å². The highest BCUT2D eigenvalue weighted by molar-refractivity contribution is 7.25. The molecular formula is C46H28N2OS. The molecule has 0 aliphatic heterocycles. The molecule has 11 aromatic rings. The summed E-state index contributed by atoms with van der Waals surface area (Å²) in [6, 6.07) is 61.3. The molecule has 0 aliphatic carbocycles. The first-order valence-electron chi connectivity index (χ1n) is 16.9. The van der Waals surface area contributed by atoms with E-state index in [-0.39, 0.29) is 0 Å². The van der Waals surface area contributed by atoms with E-state index in [2.05, 4.69) is 179 Å². The van der Waals surface area contributed by atoms with Crippen LogP contribution in [0.15, 0.2) is 174 Å². The van der Waals surface area contributed by atoms with E-state index in [1.165, 1.54) is 47.2 Å². The summed E-state index contributed by atoms with van der Waals surface area (Å²) in [4.78, 5) is 2.44. The Hall–Kier alpha value is -6.36. The molecule has 0 aliphatic rings. The summed E-state index contributed by atoms with van der Waals surface area (Å²) >= 11 is 1.85. The summed E-state index contributed by atoms with van der Waals surface area (Å²) in [6.45, 7) is 0. The average Bonchev–Trinajstić information content (AvgIpc) is 3.85. The van der Waals surface area contributed by atoms with Gasteiger partial charge in [-0.3, -0.25) is 0 Å². The molecule has 234 valence electrons. The molecule has 0 amide bonds. The Kier molecular flexibility index (Phi) is 5.83. The molecule has 11 rings (SSSR count). The number of fused-ring (bicyclic) bond motifs is 11. The topological polar surface area (TPSA) is 21.3 Å². The quantitative estimate of drug-likeness (QED) is 0.188.